The van der Waals surface area contributed by atoms with Crippen molar-refractivity contribution in [2.75, 3.05) is 0 Å². The summed E-state index contributed by atoms with van der Waals surface area (Å²) in [6.45, 7) is 1.84. The summed E-state index contributed by atoms with van der Waals surface area (Å²) in [7, 11) is -3.49. The maximum atomic E-state index is 12.2. The van der Waals surface area contributed by atoms with Crippen LogP contribution in [0.3, 0.4) is 0 Å². The minimum atomic E-state index is -3.49. The number of hydrogen-bond acceptors (Lipinski definition) is 2. The van der Waals surface area contributed by atoms with Gasteiger partial charge >= 0.3 is 0 Å². The lowest BCUT2D eigenvalue weighted by Crippen LogP contribution is -2.02. The van der Waals surface area contributed by atoms with E-state index >= 15 is 0 Å². The van der Waals surface area contributed by atoms with E-state index in [-0.39, 0.29) is 9.79 Å². The molecule has 0 bridgehead atoms. The summed E-state index contributed by atoms with van der Waals surface area (Å²) >= 11 is 5.73. The molecule has 0 fully saturated rings. The van der Waals surface area contributed by atoms with Crippen LogP contribution in [0.2, 0.25) is 5.02 Å². The number of benzene rings is 2. The van der Waals surface area contributed by atoms with E-state index in [1.807, 2.05) is 6.92 Å². The molecule has 2 aromatic carbocycles. The summed E-state index contributed by atoms with van der Waals surface area (Å²) in [5.41, 5.74) is 0.885. The molecule has 0 spiro atoms. The van der Waals surface area contributed by atoms with E-state index in [1.54, 1.807) is 30.3 Å². The first kappa shape index (κ1) is 12.1. The molecular formula is C13H10ClO2S. The first-order chi connectivity index (χ1) is 8.00. The van der Waals surface area contributed by atoms with Crippen molar-refractivity contribution in [3.05, 3.63) is 59.1 Å². The number of halogens is 1. The minimum absolute atomic E-state index is 0.180. The average molecular weight is 266 g/mol. The Labute approximate surface area is 106 Å². The monoisotopic (exact) mass is 265 g/mol. The molecule has 0 atom stereocenters. The molecule has 0 N–H and O–H groups in total. The Bertz CT molecular complexity index is 631. The summed E-state index contributed by atoms with van der Waals surface area (Å²) in [5, 5.41) is 0.511. The number of rotatable bonds is 2. The van der Waals surface area contributed by atoms with Crippen LogP contribution in [-0.4, -0.2) is 8.42 Å². The van der Waals surface area contributed by atoms with Crippen LogP contribution in [0.1, 0.15) is 5.56 Å². The fourth-order valence-electron chi connectivity index (χ4n) is 1.45. The van der Waals surface area contributed by atoms with Crippen molar-refractivity contribution in [3.8, 4) is 0 Å². The van der Waals surface area contributed by atoms with Gasteiger partial charge in [0.15, 0.2) is 0 Å². The predicted octanol–water partition coefficient (Wildman–Crippen LogP) is 3.28. The van der Waals surface area contributed by atoms with Gasteiger partial charge in [0.2, 0.25) is 9.84 Å². The van der Waals surface area contributed by atoms with Crippen LogP contribution < -0.4 is 0 Å². The Morgan fingerprint density at radius 2 is 1.76 bits per heavy atom. The second kappa shape index (κ2) is 4.51. The van der Waals surface area contributed by atoms with Crippen molar-refractivity contribution in [1.29, 1.82) is 0 Å². The van der Waals surface area contributed by atoms with E-state index < -0.39 is 9.84 Å². The molecule has 4 heteroatoms. The van der Waals surface area contributed by atoms with Gasteiger partial charge in [0, 0.05) is 11.1 Å². The average Bonchev–Trinajstić information content (AvgIpc) is 2.29. The van der Waals surface area contributed by atoms with Gasteiger partial charge in [-0.15, -0.1) is 0 Å². The van der Waals surface area contributed by atoms with Gasteiger partial charge in [0.1, 0.15) is 0 Å². The van der Waals surface area contributed by atoms with Crippen LogP contribution in [0.25, 0.3) is 0 Å². The predicted molar refractivity (Wildman–Crippen MR) is 66.9 cm³/mol. The Kier molecular flexibility index (Phi) is 3.22. The van der Waals surface area contributed by atoms with E-state index in [0.717, 1.165) is 5.56 Å². The van der Waals surface area contributed by atoms with E-state index in [2.05, 4.69) is 6.07 Å². The van der Waals surface area contributed by atoms with Crippen LogP contribution in [-0.2, 0) is 9.84 Å². The summed E-state index contributed by atoms with van der Waals surface area (Å²) in [6, 6.07) is 13.9. The normalized spacial score (nSPS) is 11.4. The topological polar surface area (TPSA) is 34.1 Å². The summed E-state index contributed by atoms with van der Waals surface area (Å²) < 4.78 is 24.4. The van der Waals surface area contributed by atoms with Crippen molar-refractivity contribution in [3.63, 3.8) is 0 Å². The van der Waals surface area contributed by atoms with Gasteiger partial charge in [-0.1, -0.05) is 23.7 Å². The molecule has 87 valence electrons. The zero-order valence-electron chi connectivity index (χ0n) is 9.14. The second-order valence-corrected chi connectivity index (χ2v) is 6.04. The van der Waals surface area contributed by atoms with Crippen molar-refractivity contribution < 1.29 is 8.42 Å². The van der Waals surface area contributed by atoms with Crippen molar-refractivity contribution >= 4 is 21.4 Å². The van der Waals surface area contributed by atoms with E-state index in [0.29, 0.717) is 5.02 Å². The smallest absolute Gasteiger partial charge is 0.207 e. The number of sulfone groups is 1. The lowest BCUT2D eigenvalue weighted by molar-refractivity contribution is 0.596. The van der Waals surface area contributed by atoms with Gasteiger partial charge in [-0.2, -0.15) is 0 Å². The maximum Gasteiger partial charge on any atom is 0.207 e. The van der Waals surface area contributed by atoms with Gasteiger partial charge < -0.3 is 0 Å². The SMILES string of the molecule is Cc1cc[c]c(S(=O)(=O)c2ccc(Cl)cc2)c1. The standard InChI is InChI=1S/C13H10ClO2S/c1-10-3-2-4-13(9-10)17(15,16)12-7-5-11(14)6-8-12/h2-3,5-9H,1H3. The molecule has 0 unspecified atom stereocenters. The lowest BCUT2D eigenvalue weighted by atomic mass is 10.2. The molecule has 0 heterocycles. The summed E-state index contributed by atoms with van der Waals surface area (Å²) in [4.78, 5) is 0.406. The Balaban J connectivity index is 2.54. The van der Waals surface area contributed by atoms with Crippen LogP contribution in [0.15, 0.2) is 52.3 Å². The largest absolute Gasteiger partial charge is 0.218 e. The fourth-order valence-corrected chi connectivity index (χ4v) is 2.89. The first-order valence-corrected chi connectivity index (χ1v) is 6.85. The fraction of sp³-hybridized carbons (Fsp3) is 0.0769. The highest BCUT2D eigenvalue weighted by atomic mass is 35.5. The van der Waals surface area contributed by atoms with Crippen molar-refractivity contribution in [2.24, 2.45) is 0 Å². The van der Waals surface area contributed by atoms with Gasteiger partial charge in [0.25, 0.3) is 0 Å². The van der Waals surface area contributed by atoms with Crippen LogP contribution in [0, 0.1) is 13.0 Å². The Hall–Kier alpha value is -1.32. The van der Waals surface area contributed by atoms with E-state index in [4.69, 9.17) is 11.6 Å². The zero-order valence-corrected chi connectivity index (χ0v) is 10.7. The molecule has 0 aliphatic rings. The second-order valence-electron chi connectivity index (χ2n) is 3.69. The van der Waals surface area contributed by atoms with Crippen molar-refractivity contribution in [1.82, 2.24) is 0 Å². The first-order valence-electron chi connectivity index (χ1n) is 4.99. The van der Waals surface area contributed by atoms with Gasteiger partial charge in [0.05, 0.1) is 9.79 Å². The van der Waals surface area contributed by atoms with Crippen LogP contribution in [0.4, 0.5) is 0 Å². The molecule has 0 amide bonds. The molecular weight excluding hydrogens is 256 g/mol. The molecule has 0 saturated heterocycles. The highest BCUT2D eigenvalue weighted by Crippen LogP contribution is 2.22. The molecule has 2 aromatic rings. The molecule has 0 aliphatic carbocycles. The minimum Gasteiger partial charge on any atom is -0.218 e. The quantitative estimate of drug-likeness (QED) is 0.835. The summed E-state index contributed by atoms with van der Waals surface area (Å²) in [6.07, 6.45) is 0. The van der Waals surface area contributed by atoms with Crippen LogP contribution in [0.5, 0.6) is 0 Å². The highest BCUT2D eigenvalue weighted by Gasteiger charge is 2.17. The van der Waals surface area contributed by atoms with Crippen LogP contribution >= 0.6 is 11.6 Å². The zero-order chi connectivity index (χ0) is 12.5. The van der Waals surface area contributed by atoms with Gasteiger partial charge in [-0.25, -0.2) is 8.42 Å². The number of hydrogen-bond donors (Lipinski definition) is 0. The summed E-state index contributed by atoms with van der Waals surface area (Å²) in [5.74, 6) is 0. The molecule has 0 aromatic heterocycles. The molecule has 1 radical (unpaired) electrons. The lowest BCUT2D eigenvalue weighted by Gasteiger charge is -2.04. The Morgan fingerprint density at radius 3 is 2.35 bits per heavy atom. The molecule has 17 heavy (non-hydrogen) atoms. The van der Waals surface area contributed by atoms with Gasteiger partial charge in [-0.05, 0) is 42.8 Å². The number of aryl methyl sites for hydroxylation is 1. The van der Waals surface area contributed by atoms with E-state index in [9.17, 15) is 8.42 Å². The third kappa shape index (κ3) is 2.51. The molecule has 0 aliphatic heterocycles. The highest BCUT2D eigenvalue weighted by molar-refractivity contribution is 7.91. The third-order valence-electron chi connectivity index (χ3n) is 2.34. The van der Waals surface area contributed by atoms with Crippen molar-refractivity contribution in [2.45, 2.75) is 16.7 Å². The molecule has 0 saturated carbocycles. The molecule has 2 rings (SSSR count). The maximum absolute atomic E-state index is 12.2. The van der Waals surface area contributed by atoms with E-state index in [1.165, 1.54) is 12.1 Å². The van der Waals surface area contributed by atoms with Gasteiger partial charge in [-0.3, -0.25) is 0 Å². The third-order valence-corrected chi connectivity index (χ3v) is 4.30. The Morgan fingerprint density at radius 1 is 1.12 bits per heavy atom. The molecule has 2 nitrogen and oxygen atoms in total.